The van der Waals surface area contributed by atoms with E-state index in [9.17, 15) is 0 Å². The lowest BCUT2D eigenvalue weighted by atomic mass is 9.86. The van der Waals surface area contributed by atoms with E-state index < -0.39 is 0 Å². The Hall–Kier alpha value is -0.0500. The first-order chi connectivity index (χ1) is 8.40. The van der Waals surface area contributed by atoms with E-state index in [2.05, 4.69) is 40.8 Å². The predicted octanol–water partition coefficient (Wildman–Crippen LogP) is 5.10. The Morgan fingerprint density at radius 2 is 1.53 bits per heavy atom. The third-order valence-corrected chi connectivity index (χ3v) is 4.55. The molecule has 0 spiro atoms. The Morgan fingerprint density at radius 1 is 0.824 bits per heavy atom. The molecule has 0 heterocycles. The summed E-state index contributed by atoms with van der Waals surface area (Å²) in [5.74, 6) is 0. The summed E-state index contributed by atoms with van der Waals surface area (Å²) in [5, 5.41) is 0. The Labute approximate surface area is 119 Å². The van der Waals surface area contributed by atoms with Crippen molar-refractivity contribution in [1.82, 2.24) is 0 Å². The van der Waals surface area contributed by atoms with Crippen molar-refractivity contribution in [1.29, 1.82) is 0 Å². The molecular weight excluding hydrogens is 319 g/mol. The summed E-state index contributed by atoms with van der Waals surface area (Å²) < 4.78 is 1.33. The standard InChI is InChI=1S/C16H23I/c17-12-6-4-2-1-3-5-7-14-8-9-15-10-11-16(15)13-14/h8-9,13H,1-7,10-12H2. The maximum Gasteiger partial charge on any atom is -0.000473 e. The second kappa shape index (κ2) is 7.40. The van der Waals surface area contributed by atoms with Gasteiger partial charge in [-0.25, -0.2) is 0 Å². The SMILES string of the molecule is ICCCCCCCCc1ccc2c(c1)CC2. The molecular formula is C16H23I. The van der Waals surface area contributed by atoms with Gasteiger partial charge in [-0.15, -0.1) is 0 Å². The van der Waals surface area contributed by atoms with Gasteiger partial charge in [-0.2, -0.15) is 0 Å². The van der Waals surface area contributed by atoms with Crippen LogP contribution in [0.15, 0.2) is 18.2 Å². The van der Waals surface area contributed by atoms with E-state index in [1.54, 1.807) is 16.7 Å². The van der Waals surface area contributed by atoms with Gasteiger partial charge in [0, 0.05) is 0 Å². The van der Waals surface area contributed by atoms with Gasteiger partial charge in [0.25, 0.3) is 0 Å². The van der Waals surface area contributed by atoms with E-state index in [1.807, 2.05) is 0 Å². The first-order valence-electron chi connectivity index (χ1n) is 7.07. The van der Waals surface area contributed by atoms with Crippen molar-refractivity contribution in [2.75, 3.05) is 4.43 Å². The van der Waals surface area contributed by atoms with Crippen molar-refractivity contribution in [3.05, 3.63) is 34.9 Å². The number of benzene rings is 1. The number of rotatable bonds is 8. The van der Waals surface area contributed by atoms with Crippen LogP contribution in [0.5, 0.6) is 0 Å². The largest absolute Gasteiger partial charge is 0.0864 e. The smallest absolute Gasteiger partial charge is 0.000473 e. The number of alkyl halides is 1. The van der Waals surface area contributed by atoms with Crippen LogP contribution in [0.2, 0.25) is 0 Å². The van der Waals surface area contributed by atoms with Crippen LogP contribution in [0.1, 0.15) is 55.2 Å². The quantitative estimate of drug-likeness (QED) is 0.350. The van der Waals surface area contributed by atoms with Crippen molar-refractivity contribution in [3.8, 4) is 0 Å². The van der Waals surface area contributed by atoms with Crippen LogP contribution < -0.4 is 0 Å². The van der Waals surface area contributed by atoms with Crippen molar-refractivity contribution in [3.63, 3.8) is 0 Å². The molecule has 0 unspecified atom stereocenters. The Bertz CT molecular complexity index is 343. The van der Waals surface area contributed by atoms with Crippen LogP contribution >= 0.6 is 22.6 Å². The lowest BCUT2D eigenvalue weighted by molar-refractivity contribution is 0.610. The maximum absolute atomic E-state index is 2.47. The number of hydrogen-bond donors (Lipinski definition) is 0. The molecule has 1 aliphatic carbocycles. The maximum atomic E-state index is 2.47. The molecule has 0 aromatic heterocycles. The van der Waals surface area contributed by atoms with Crippen molar-refractivity contribution < 1.29 is 0 Å². The molecule has 94 valence electrons. The second-order valence-electron chi connectivity index (χ2n) is 5.16. The van der Waals surface area contributed by atoms with Gasteiger partial charge in [-0.05, 0) is 53.2 Å². The molecule has 0 amide bonds. The highest BCUT2D eigenvalue weighted by atomic mass is 127. The van der Waals surface area contributed by atoms with Gasteiger partial charge in [-0.1, -0.05) is 66.5 Å². The fraction of sp³-hybridized carbons (Fsp3) is 0.625. The minimum atomic E-state index is 1.29. The molecule has 17 heavy (non-hydrogen) atoms. The van der Waals surface area contributed by atoms with E-state index in [1.165, 1.54) is 62.2 Å². The minimum Gasteiger partial charge on any atom is -0.0864 e. The highest BCUT2D eigenvalue weighted by Gasteiger charge is 2.12. The van der Waals surface area contributed by atoms with Crippen molar-refractivity contribution in [2.45, 2.75) is 57.8 Å². The fourth-order valence-corrected chi connectivity index (χ4v) is 3.07. The molecule has 1 heteroatoms. The summed E-state index contributed by atoms with van der Waals surface area (Å²) in [6.45, 7) is 0. The van der Waals surface area contributed by atoms with E-state index in [0.717, 1.165) is 0 Å². The van der Waals surface area contributed by atoms with Gasteiger partial charge < -0.3 is 0 Å². The van der Waals surface area contributed by atoms with Gasteiger partial charge in [0.05, 0.1) is 0 Å². The topological polar surface area (TPSA) is 0 Å². The summed E-state index contributed by atoms with van der Waals surface area (Å²) in [5.41, 5.74) is 4.77. The molecule has 0 fully saturated rings. The number of hydrogen-bond acceptors (Lipinski definition) is 0. The van der Waals surface area contributed by atoms with E-state index >= 15 is 0 Å². The third kappa shape index (κ3) is 4.27. The Morgan fingerprint density at radius 3 is 2.18 bits per heavy atom. The molecule has 2 rings (SSSR count). The average Bonchev–Trinajstić information content (AvgIpc) is 2.31. The summed E-state index contributed by atoms with van der Waals surface area (Å²) in [4.78, 5) is 0. The number of halogens is 1. The van der Waals surface area contributed by atoms with Crippen LogP contribution in [0, 0.1) is 0 Å². The number of unbranched alkanes of at least 4 members (excludes halogenated alkanes) is 5. The zero-order valence-corrected chi connectivity index (χ0v) is 12.8. The molecule has 0 radical (unpaired) electrons. The highest BCUT2D eigenvalue weighted by molar-refractivity contribution is 14.1. The van der Waals surface area contributed by atoms with Gasteiger partial charge in [0.1, 0.15) is 0 Å². The van der Waals surface area contributed by atoms with Gasteiger partial charge in [-0.3, -0.25) is 0 Å². The van der Waals surface area contributed by atoms with Crippen molar-refractivity contribution >= 4 is 22.6 Å². The summed E-state index contributed by atoms with van der Waals surface area (Å²) in [7, 11) is 0. The highest BCUT2D eigenvalue weighted by Crippen LogP contribution is 2.24. The number of fused-ring (bicyclic) bond motifs is 1. The molecule has 0 saturated heterocycles. The monoisotopic (exact) mass is 342 g/mol. The zero-order chi connectivity index (χ0) is 11.9. The predicted molar refractivity (Wildman–Crippen MR) is 84.1 cm³/mol. The molecule has 0 bridgehead atoms. The molecule has 0 saturated carbocycles. The molecule has 1 aromatic carbocycles. The van der Waals surface area contributed by atoms with Gasteiger partial charge >= 0.3 is 0 Å². The lowest BCUT2D eigenvalue weighted by Gasteiger charge is -2.19. The van der Waals surface area contributed by atoms with Crippen LogP contribution in [0.4, 0.5) is 0 Å². The van der Waals surface area contributed by atoms with Crippen LogP contribution in [0.25, 0.3) is 0 Å². The lowest BCUT2D eigenvalue weighted by Crippen LogP contribution is -2.08. The van der Waals surface area contributed by atoms with E-state index in [4.69, 9.17) is 0 Å². The summed E-state index contributed by atoms with van der Waals surface area (Å²) in [6.07, 6.45) is 12.4. The van der Waals surface area contributed by atoms with Gasteiger partial charge in [0.2, 0.25) is 0 Å². The minimum absolute atomic E-state index is 1.29. The Balaban J connectivity index is 1.57. The fourth-order valence-electron chi connectivity index (χ4n) is 2.53. The van der Waals surface area contributed by atoms with E-state index in [0.29, 0.717) is 0 Å². The van der Waals surface area contributed by atoms with Gasteiger partial charge in [0.15, 0.2) is 0 Å². The molecule has 0 aliphatic heterocycles. The normalized spacial score (nSPS) is 13.2. The molecule has 0 nitrogen and oxygen atoms in total. The van der Waals surface area contributed by atoms with E-state index in [-0.39, 0.29) is 0 Å². The number of aryl methyl sites for hydroxylation is 3. The van der Waals surface area contributed by atoms with Crippen molar-refractivity contribution in [2.24, 2.45) is 0 Å². The summed E-state index contributed by atoms with van der Waals surface area (Å²) in [6, 6.07) is 7.12. The second-order valence-corrected chi connectivity index (χ2v) is 6.24. The molecule has 0 atom stereocenters. The van der Waals surface area contributed by atoms with Crippen LogP contribution in [0.3, 0.4) is 0 Å². The third-order valence-electron chi connectivity index (χ3n) is 3.78. The van der Waals surface area contributed by atoms with Crippen LogP contribution in [-0.4, -0.2) is 4.43 Å². The Kier molecular flexibility index (Phi) is 5.82. The molecule has 0 N–H and O–H groups in total. The molecule has 1 aliphatic rings. The first kappa shape index (κ1) is 13.4. The zero-order valence-electron chi connectivity index (χ0n) is 10.7. The van der Waals surface area contributed by atoms with Crippen LogP contribution in [-0.2, 0) is 19.3 Å². The molecule has 1 aromatic rings. The first-order valence-corrected chi connectivity index (χ1v) is 8.59. The average molecular weight is 342 g/mol. The summed E-state index contributed by atoms with van der Waals surface area (Å²) >= 11 is 2.47.